The zero-order valence-corrected chi connectivity index (χ0v) is 11.5. The molecule has 1 aliphatic rings. The molecule has 0 aliphatic carbocycles. The minimum atomic E-state index is 0.389. The van der Waals surface area contributed by atoms with Crippen molar-refractivity contribution in [1.82, 2.24) is 4.90 Å². The highest BCUT2D eigenvalue weighted by molar-refractivity contribution is 7.98. The van der Waals surface area contributed by atoms with Crippen LogP contribution in [0.3, 0.4) is 0 Å². The minimum Gasteiger partial charge on any atom is -0.343 e. The van der Waals surface area contributed by atoms with Crippen molar-refractivity contribution in [1.29, 1.82) is 0 Å². The maximum absolute atomic E-state index is 11.9. The predicted molar refractivity (Wildman–Crippen MR) is 71.8 cm³/mol. The third-order valence-corrected chi connectivity index (χ3v) is 4.10. The van der Waals surface area contributed by atoms with Gasteiger partial charge in [0.2, 0.25) is 5.91 Å². The number of thioether (sulfide) groups is 1. The van der Waals surface area contributed by atoms with Crippen LogP contribution in [0.1, 0.15) is 45.4 Å². The van der Waals surface area contributed by atoms with E-state index in [0.717, 1.165) is 38.3 Å². The van der Waals surface area contributed by atoms with Crippen molar-refractivity contribution < 1.29 is 4.79 Å². The van der Waals surface area contributed by atoms with Crippen LogP contribution in [0.2, 0.25) is 0 Å². The Morgan fingerprint density at radius 1 is 1.44 bits per heavy atom. The van der Waals surface area contributed by atoms with Gasteiger partial charge in [-0.1, -0.05) is 19.8 Å². The fraction of sp³-hybridized carbons (Fsp3) is 0.923. The van der Waals surface area contributed by atoms with Crippen molar-refractivity contribution in [2.24, 2.45) is 5.92 Å². The van der Waals surface area contributed by atoms with Gasteiger partial charge in [-0.05, 0) is 37.2 Å². The number of likely N-dealkylation sites (tertiary alicyclic amines) is 1. The summed E-state index contributed by atoms with van der Waals surface area (Å²) in [6.45, 7) is 4.21. The SMILES string of the molecule is CCCC1CCC(=O)N(CCCSC)CC1. The fourth-order valence-electron chi connectivity index (χ4n) is 2.43. The van der Waals surface area contributed by atoms with Crippen molar-refractivity contribution in [3.8, 4) is 0 Å². The first-order valence-corrected chi connectivity index (χ1v) is 7.94. The molecule has 0 bridgehead atoms. The summed E-state index contributed by atoms with van der Waals surface area (Å²) < 4.78 is 0. The van der Waals surface area contributed by atoms with E-state index in [-0.39, 0.29) is 0 Å². The van der Waals surface area contributed by atoms with Crippen LogP contribution < -0.4 is 0 Å². The Bertz CT molecular complexity index is 208. The lowest BCUT2D eigenvalue weighted by Gasteiger charge is -2.20. The molecule has 0 N–H and O–H groups in total. The van der Waals surface area contributed by atoms with Gasteiger partial charge in [0.05, 0.1) is 0 Å². The molecule has 16 heavy (non-hydrogen) atoms. The maximum Gasteiger partial charge on any atom is 0.222 e. The van der Waals surface area contributed by atoms with Gasteiger partial charge in [0.25, 0.3) is 0 Å². The van der Waals surface area contributed by atoms with E-state index in [1.807, 2.05) is 11.8 Å². The Morgan fingerprint density at radius 3 is 2.94 bits per heavy atom. The van der Waals surface area contributed by atoms with Crippen molar-refractivity contribution in [2.45, 2.75) is 45.4 Å². The highest BCUT2D eigenvalue weighted by Gasteiger charge is 2.21. The molecule has 1 aliphatic heterocycles. The number of carbonyl (C=O) groups excluding carboxylic acids is 1. The average molecular weight is 243 g/mol. The number of nitrogens with zero attached hydrogens (tertiary/aromatic N) is 1. The molecule has 1 amide bonds. The van der Waals surface area contributed by atoms with Gasteiger partial charge in [0.15, 0.2) is 0 Å². The smallest absolute Gasteiger partial charge is 0.222 e. The zero-order valence-electron chi connectivity index (χ0n) is 10.7. The number of rotatable bonds is 6. The maximum atomic E-state index is 11.9. The molecule has 94 valence electrons. The Labute approximate surface area is 104 Å². The predicted octanol–water partition coefficient (Wildman–Crippen LogP) is 3.17. The van der Waals surface area contributed by atoms with E-state index in [9.17, 15) is 4.79 Å². The van der Waals surface area contributed by atoms with Gasteiger partial charge in [-0.15, -0.1) is 0 Å². The topological polar surface area (TPSA) is 20.3 Å². The van der Waals surface area contributed by atoms with Crippen molar-refractivity contribution in [3.05, 3.63) is 0 Å². The van der Waals surface area contributed by atoms with Gasteiger partial charge >= 0.3 is 0 Å². The van der Waals surface area contributed by atoms with Gasteiger partial charge in [-0.2, -0.15) is 11.8 Å². The summed E-state index contributed by atoms with van der Waals surface area (Å²) in [6, 6.07) is 0. The number of amides is 1. The normalized spacial score (nSPS) is 22.2. The van der Waals surface area contributed by atoms with Crippen LogP contribution in [-0.4, -0.2) is 35.9 Å². The molecule has 1 unspecified atom stereocenters. The first-order chi connectivity index (χ1) is 7.77. The lowest BCUT2D eigenvalue weighted by molar-refractivity contribution is -0.130. The van der Waals surface area contributed by atoms with Crippen LogP contribution in [0.15, 0.2) is 0 Å². The quantitative estimate of drug-likeness (QED) is 0.668. The Kier molecular flexibility index (Phi) is 6.93. The largest absolute Gasteiger partial charge is 0.343 e. The zero-order chi connectivity index (χ0) is 11.8. The van der Waals surface area contributed by atoms with E-state index >= 15 is 0 Å². The van der Waals surface area contributed by atoms with Gasteiger partial charge in [0, 0.05) is 19.5 Å². The van der Waals surface area contributed by atoms with E-state index in [2.05, 4.69) is 18.1 Å². The molecule has 0 spiro atoms. The van der Waals surface area contributed by atoms with Crippen molar-refractivity contribution in [2.75, 3.05) is 25.1 Å². The molecule has 0 radical (unpaired) electrons. The summed E-state index contributed by atoms with van der Waals surface area (Å²) in [7, 11) is 0. The van der Waals surface area contributed by atoms with E-state index in [1.165, 1.54) is 25.0 Å². The molecule has 0 aromatic heterocycles. The standard InChI is InChI=1S/C13H25NOS/c1-3-5-12-6-7-13(15)14(10-8-12)9-4-11-16-2/h12H,3-11H2,1-2H3. The molecular formula is C13H25NOS. The van der Waals surface area contributed by atoms with Gasteiger partial charge in [-0.3, -0.25) is 4.79 Å². The van der Waals surface area contributed by atoms with E-state index in [4.69, 9.17) is 0 Å². The summed E-state index contributed by atoms with van der Waals surface area (Å²) in [5.74, 6) is 2.35. The third-order valence-electron chi connectivity index (χ3n) is 3.40. The molecule has 3 heteroatoms. The minimum absolute atomic E-state index is 0.389. The molecule has 0 saturated carbocycles. The summed E-state index contributed by atoms with van der Waals surface area (Å²) in [5.41, 5.74) is 0. The average Bonchev–Trinajstić information content (AvgIpc) is 2.45. The molecule has 1 fully saturated rings. The van der Waals surface area contributed by atoms with Crippen molar-refractivity contribution in [3.63, 3.8) is 0 Å². The van der Waals surface area contributed by atoms with Crippen LogP contribution in [0.25, 0.3) is 0 Å². The molecule has 1 rings (SSSR count). The monoisotopic (exact) mass is 243 g/mol. The highest BCUT2D eigenvalue weighted by atomic mass is 32.2. The fourth-order valence-corrected chi connectivity index (χ4v) is 2.84. The second-order valence-electron chi connectivity index (χ2n) is 4.71. The second-order valence-corrected chi connectivity index (χ2v) is 5.69. The van der Waals surface area contributed by atoms with E-state index < -0.39 is 0 Å². The summed E-state index contributed by atoms with van der Waals surface area (Å²) in [5, 5.41) is 0. The van der Waals surface area contributed by atoms with Crippen LogP contribution in [-0.2, 0) is 4.79 Å². The highest BCUT2D eigenvalue weighted by Crippen LogP contribution is 2.22. The van der Waals surface area contributed by atoms with E-state index in [0.29, 0.717) is 5.91 Å². The summed E-state index contributed by atoms with van der Waals surface area (Å²) in [4.78, 5) is 14.0. The lowest BCUT2D eigenvalue weighted by Crippen LogP contribution is -2.31. The second kappa shape index (κ2) is 7.99. The van der Waals surface area contributed by atoms with Gasteiger partial charge in [0.1, 0.15) is 0 Å². The number of hydrogen-bond donors (Lipinski definition) is 0. The Morgan fingerprint density at radius 2 is 2.25 bits per heavy atom. The lowest BCUT2D eigenvalue weighted by atomic mass is 9.96. The Hall–Kier alpha value is -0.180. The molecule has 1 saturated heterocycles. The summed E-state index contributed by atoms with van der Waals surface area (Å²) >= 11 is 1.87. The number of hydrogen-bond acceptors (Lipinski definition) is 2. The van der Waals surface area contributed by atoms with Crippen LogP contribution in [0.4, 0.5) is 0 Å². The van der Waals surface area contributed by atoms with Crippen LogP contribution >= 0.6 is 11.8 Å². The van der Waals surface area contributed by atoms with Gasteiger partial charge in [-0.25, -0.2) is 0 Å². The molecule has 0 aromatic carbocycles. The molecule has 2 nitrogen and oxygen atoms in total. The summed E-state index contributed by atoms with van der Waals surface area (Å²) in [6.07, 6.45) is 8.94. The van der Waals surface area contributed by atoms with Crippen molar-refractivity contribution >= 4 is 17.7 Å². The molecule has 1 atom stereocenters. The molecule has 1 heterocycles. The van der Waals surface area contributed by atoms with Gasteiger partial charge < -0.3 is 4.90 Å². The first kappa shape index (κ1) is 13.9. The van der Waals surface area contributed by atoms with Crippen LogP contribution in [0.5, 0.6) is 0 Å². The first-order valence-electron chi connectivity index (χ1n) is 6.54. The third kappa shape index (κ3) is 4.77. The van der Waals surface area contributed by atoms with E-state index in [1.54, 1.807) is 0 Å². The molecular weight excluding hydrogens is 218 g/mol. The molecule has 0 aromatic rings. The Balaban J connectivity index is 2.32. The number of carbonyl (C=O) groups is 1. The van der Waals surface area contributed by atoms with Crippen LogP contribution in [0, 0.1) is 5.92 Å².